The summed E-state index contributed by atoms with van der Waals surface area (Å²) in [5.41, 5.74) is 3.43. The third-order valence-electron chi connectivity index (χ3n) is 3.06. The van der Waals surface area contributed by atoms with Crippen molar-refractivity contribution in [3.8, 4) is 23.7 Å². The number of hydrogen-bond donors (Lipinski definition) is 0. The van der Waals surface area contributed by atoms with Crippen LogP contribution in [0, 0.1) is 30.6 Å². The molecular weight excluding hydrogens is 280 g/mol. The van der Waals surface area contributed by atoms with E-state index in [1.165, 1.54) is 0 Å². The SMILES string of the molecule is Cc1cc(C#Cc2ccccc2)nc(C#Cc2ccccc2)n1. The van der Waals surface area contributed by atoms with Gasteiger partial charge < -0.3 is 0 Å². The van der Waals surface area contributed by atoms with Crippen LogP contribution in [0.15, 0.2) is 66.7 Å². The van der Waals surface area contributed by atoms with Crippen molar-refractivity contribution >= 4 is 0 Å². The van der Waals surface area contributed by atoms with Crippen LogP contribution in [-0.4, -0.2) is 9.97 Å². The van der Waals surface area contributed by atoms with Crippen LogP contribution in [0.4, 0.5) is 0 Å². The van der Waals surface area contributed by atoms with E-state index in [1.807, 2.05) is 73.7 Å². The fourth-order valence-electron chi connectivity index (χ4n) is 2.00. The Kier molecular flexibility index (Phi) is 4.48. The van der Waals surface area contributed by atoms with Gasteiger partial charge in [-0.3, -0.25) is 0 Å². The lowest BCUT2D eigenvalue weighted by molar-refractivity contribution is 1.06. The van der Waals surface area contributed by atoms with Crippen LogP contribution >= 0.6 is 0 Å². The minimum atomic E-state index is 0.492. The van der Waals surface area contributed by atoms with Gasteiger partial charge in [-0.15, -0.1) is 0 Å². The number of aromatic nitrogens is 2. The van der Waals surface area contributed by atoms with Gasteiger partial charge in [0.15, 0.2) is 0 Å². The van der Waals surface area contributed by atoms with E-state index in [9.17, 15) is 0 Å². The third kappa shape index (κ3) is 4.30. The standard InChI is InChI=1S/C21H14N2/c1-17-16-20(14-12-18-8-4-2-5-9-18)23-21(22-17)15-13-19-10-6-3-7-11-19/h2-11,16H,1H3. The van der Waals surface area contributed by atoms with E-state index in [2.05, 4.69) is 33.6 Å². The van der Waals surface area contributed by atoms with Gasteiger partial charge in [0.2, 0.25) is 5.82 Å². The van der Waals surface area contributed by atoms with Gasteiger partial charge in [-0.05, 0) is 49.1 Å². The number of hydrogen-bond acceptors (Lipinski definition) is 2. The number of nitrogens with zero attached hydrogens (tertiary/aromatic N) is 2. The lowest BCUT2D eigenvalue weighted by atomic mass is 10.2. The van der Waals surface area contributed by atoms with Crippen LogP contribution in [0.5, 0.6) is 0 Å². The highest BCUT2D eigenvalue weighted by Gasteiger charge is 1.97. The monoisotopic (exact) mass is 294 g/mol. The van der Waals surface area contributed by atoms with Gasteiger partial charge in [-0.2, -0.15) is 0 Å². The van der Waals surface area contributed by atoms with Gasteiger partial charge in [0.25, 0.3) is 0 Å². The molecule has 23 heavy (non-hydrogen) atoms. The summed E-state index contributed by atoms with van der Waals surface area (Å²) in [6, 6.07) is 21.5. The van der Waals surface area contributed by atoms with E-state index in [-0.39, 0.29) is 0 Å². The van der Waals surface area contributed by atoms with Crippen LogP contribution in [-0.2, 0) is 0 Å². The van der Waals surface area contributed by atoms with Crippen LogP contribution in [0.25, 0.3) is 0 Å². The molecule has 3 aromatic rings. The van der Waals surface area contributed by atoms with Crippen LogP contribution in [0.1, 0.15) is 28.3 Å². The molecule has 0 saturated carbocycles. The van der Waals surface area contributed by atoms with Crippen LogP contribution < -0.4 is 0 Å². The first-order valence-corrected chi connectivity index (χ1v) is 7.29. The number of aryl methyl sites for hydroxylation is 1. The lowest BCUT2D eigenvalue weighted by Crippen LogP contribution is -1.95. The van der Waals surface area contributed by atoms with Crippen molar-refractivity contribution in [1.82, 2.24) is 9.97 Å². The fourth-order valence-corrected chi connectivity index (χ4v) is 2.00. The quantitative estimate of drug-likeness (QED) is 0.592. The Balaban J connectivity index is 1.89. The summed E-state index contributed by atoms with van der Waals surface area (Å²) in [4.78, 5) is 8.76. The molecule has 0 aliphatic rings. The molecule has 2 heteroatoms. The molecule has 1 heterocycles. The molecule has 0 bridgehead atoms. The second-order valence-electron chi connectivity index (χ2n) is 4.95. The maximum atomic E-state index is 4.41. The molecule has 0 aliphatic carbocycles. The fraction of sp³-hybridized carbons (Fsp3) is 0.0476. The van der Waals surface area contributed by atoms with E-state index in [1.54, 1.807) is 0 Å². The molecule has 0 N–H and O–H groups in total. The van der Waals surface area contributed by atoms with E-state index >= 15 is 0 Å². The molecule has 2 aromatic carbocycles. The summed E-state index contributed by atoms with van der Waals surface area (Å²) in [6.45, 7) is 1.92. The third-order valence-corrected chi connectivity index (χ3v) is 3.06. The Morgan fingerprint density at radius 3 is 1.83 bits per heavy atom. The Morgan fingerprint density at radius 1 is 0.652 bits per heavy atom. The van der Waals surface area contributed by atoms with Crippen LogP contribution in [0.3, 0.4) is 0 Å². The topological polar surface area (TPSA) is 25.8 Å². The second-order valence-corrected chi connectivity index (χ2v) is 4.95. The zero-order chi connectivity index (χ0) is 15.9. The number of benzene rings is 2. The van der Waals surface area contributed by atoms with Gasteiger partial charge in [-0.25, -0.2) is 9.97 Å². The molecular formula is C21H14N2. The van der Waals surface area contributed by atoms with Crippen molar-refractivity contribution in [3.63, 3.8) is 0 Å². The summed E-state index contributed by atoms with van der Waals surface area (Å²) in [7, 11) is 0. The normalized spacial score (nSPS) is 9.26. The summed E-state index contributed by atoms with van der Waals surface area (Å²) < 4.78 is 0. The van der Waals surface area contributed by atoms with E-state index in [0.29, 0.717) is 11.5 Å². The average molecular weight is 294 g/mol. The second kappa shape index (κ2) is 7.07. The predicted molar refractivity (Wildman–Crippen MR) is 91.6 cm³/mol. The van der Waals surface area contributed by atoms with Gasteiger partial charge >= 0.3 is 0 Å². The lowest BCUT2D eigenvalue weighted by Gasteiger charge is -1.96. The largest absolute Gasteiger partial charge is 0.226 e. The first-order valence-electron chi connectivity index (χ1n) is 7.29. The molecule has 0 fully saturated rings. The molecule has 0 unspecified atom stereocenters. The maximum Gasteiger partial charge on any atom is 0.206 e. The highest BCUT2D eigenvalue weighted by Crippen LogP contribution is 2.01. The van der Waals surface area contributed by atoms with Gasteiger partial charge in [0.05, 0.1) is 0 Å². The Labute approximate surface area is 136 Å². The van der Waals surface area contributed by atoms with Crippen molar-refractivity contribution in [2.75, 3.05) is 0 Å². The highest BCUT2D eigenvalue weighted by atomic mass is 14.9. The minimum absolute atomic E-state index is 0.492. The molecule has 3 rings (SSSR count). The molecule has 108 valence electrons. The smallest absolute Gasteiger partial charge is 0.206 e. The van der Waals surface area contributed by atoms with Crippen molar-refractivity contribution in [3.05, 3.63) is 95.1 Å². The molecule has 0 radical (unpaired) electrons. The van der Waals surface area contributed by atoms with Gasteiger partial charge in [0, 0.05) is 16.8 Å². The van der Waals surface area contributed by atoms with Crippen molar-refractivity contribution in [1.29, 1.82) is 0 Å². The predicted octanol–water partition coefficient (Wildman–Crippen LogP) is 3.58. The van der Waals surface area contributed by atoms with Crippen molar-refractivity contribution in [2.45, 2.75) is 6.92 Å². The van der Waals surface area contributed by atoms with E-state index < -0.39 is 0 Å². The average Bonchev–Trinajstić information content (AvgIpc) is 2.60. The minimum Gasteiger partial charge on any atom is -0.226 e. The van der Waals surface area contributed by atoms with Gasteiger partial charge in [0.1, 0.15) is 5.69 Å². The molecule has 0 atom stereocenters. The van der Waals surface area contributed by atoms with Crippen LogP contribution in [0.2, 0.25) is 0 Å². The van der Waals surface area contributed by atoms with E-state index in [4.69, 9.17) is 0 Å². The molecule has 0 aliphatic heterocycles. The molecule has 2 nitrogen and oxygen atoms in total. The van der Waals surface area contributed by atoms with Crippen molar-refractivity contribution < 1.29 is 0 Å². The maximum absolute atomic E-state index is 4.41. The Morgan fingerprint density at radius 2 is 1.22 bits per heavy atom. The summed E-state index contributed by atoms with van der Waals surface area (Å²) >= 11 is 0. The molecule has 0 amide bonds. The zero-order valence-electron chi connectivity index (χ0n) is 12.7. The Hall–Kier alpha value is -3.36. The zero-order valence-corrected chi connectivity index (χ0v) is 12.7. The summed E-state index contributed by atoms with van der Waals surface area (Å²) in [5, 5.41) is 0. The Bertz CT molecular complexity index is 846. The summed E-state index contributed by atoms with van der Waals surface area (Å²) in [5.74, 6) is 12.7. The van der Waals surface area contributed by atoms with Crippen molar-refractivity contribution in [2.24, 2.45) is 0 Å². The molecule has 0 saturated heterocycles. The number of rotatable bonds is 0. The van der Waals surface area contributed by atoms with Gasteiger partial charge in [-0.1, -0.05) is 48.2 Å². The first kappa shape index (κ1) is 14.6. The summed E-state index contributed by atoms with van der Waals surface area (Å²) in [6.07, 6.45) is 0. The molecule has 0 spiro atoms. The highest BCUT2D eigenvalue weighted by molar-refractivity contribution is 5.42. The molecule has 1 aromatic heterocycles. The van der Waals surface area contributed by atoms with E-state index in [0.717, 1.165) is 16.8 Å². The first-order chi connectivity index (χ1) is 11.3.